The molecule has 45 heteroatoms. The minimum Gasteiger partial charge on any atom is -0.247 e. The maximum absolute atomic E-state index is 13.3. The van der Waals surface area contributed by atoms with Gasteiger partial charge in [0.2, 0.25) is 31.0 Å². The van der Waals surface area contributed by atoms with E-state index >= 15 is 0 Å². The fourth-order valence-electron chi connectivity index (χ4n) is 9.80. The smallest absolute Gasteiger partial charge is 0.247 e. The van der Waals surface area contributed by atoms with E-state index in [0.29, 0.717) is 26.3 Å². The van der Waals surface area contributed by atoms with Crippen LogP contribution in [0.5, 0.6) is 0 Å². The van der Waals surface area contributed by atoms with Gasteiger partial charge in [-0.05, 0) is 116 Å². The summed E-state index contributed by atoms with van der Waals surface area (Å²) in [7, 11) is 0. The summed E-state index contributed by atoms with van der Waals surface area (Å²) in [5, 5.41) is 0. The van der Waals surface area contributed by atoms with Gasteiger partial charge in [-0.1, -0.05) is 94.5 Å². The maximum Gasteiger partial charge on any atom is 0.419 e. The van der Waals surface area contributed by atoms with Crippen LogP contribution in [0.3, 0.4) is 0 Å². The lowest BCUT2D eigenvalue weighted by Gasteiger charge is -2.35. The Morgan fingerprint density at radius 2 is 0.592 bits per heavy atom. The third-order valence-electron chi connectivity index (χ3n) is 15.9. The molecule has 1 aliphatic carbocycles. The third-order valence-corrected chi connectivity index (χ3v) is 15.9. The summed E-state index contributed by atoms with van der Waals surface area (Å²) in [5.74, 6) is -43.1. The van der Waals surface area contributed by atoms with Crippen LogP contribution in [0.15, 0.2) is 48.5 Å². The molecule has 1 aliphatic rings. The molecular weight excluding hydrogens is 1820 g/mol. The molecule has 0 nitrogen and oxygen atoms in total. The van der Waals surface area contributed by atoms with Crippen molar-refractivity contribution < 1.29 is 198 Å². The Morgan fingerprint density at radius 3 is 0.848 bits per heavy atom. The van der Waals surface area contributed by atoms with Gasteiger partial charge in [-0.15, -0.1) is 0 Å². The van der Waals surface area contributed by atoms with Crippen LogP contribution in [0, 0.1) is 120 Å². The van der Waals surface area contributed by atoms with Gasteiger partial charge in [-0.3, -0.25) is 0 Å². The molecule has 1 saturated carbocycles. The average Bonchev–Trinajstić information content (AvgIpc) is 0.757. The predicted molar refractivity (Wildman–Crippen MR) is 380 cm³/mol. The van der Waals surface area contributed by atoms with Crippen LogP contribution in [-0.2, 0) is 56.3 Å². The number of hydrogen-bond acceptors (Lipinski definition) is 0. The van der Waals surface area contributed by atoms with Crippen molar-refractivity contribution >= 4 is 0 Å². The van der Waals surface area contributed by atoms with E-state index in [9.17, 15) is 198 Å². The molecule has 726 valence electrons. The van der Waals surface area contributed by atoms with Crippen LogP contribution >= 0.6 is 0 Å². The highest BCUT2D eigenvalue weighted by molar-refractivity contribution is 5.40. The second kappa shape index (κ2) is 54.5. The van der Waals surface area contributed by atoms with E-state index in [2.05, 4.69) is 13.8 Å². The summed E-state index contributed by atoms with van der Waals surface area (Å²) in [6, 6.07) is 9.77. The van der Waals surface area contributed by atoms with E-state index in [1.807, 2.05) is 6.92 Å². The van der Waals surface area contributed by atoms with Crippen molar-refractivity contribution in [2.75, 3.05) is 0 Å². The van der Waals surface area contributed by atoms with Gasteiger partial charge >= 0.3 is 24.7 Å². The second-order valence-corrected chi connectivity index (χ2v) is 26.2. The maximum atomic E-state index is 13.3. The first-order valence-electron chi connectivity index (χ1n) is 35.0. The molecule has 0 spiro atoms. The molecule has 8 unspecified atom stereocenters. The standard InChI is InChI=1S/2C10H6F8.C10H8F6.C10H10F4.C9H8F4.C9H9F3.C8H11F5.C5H7F5.C3H6F2.C3H8.3CH4/c1-3-4(10(16,17)18)7(12)8(13)5(6(3)11)9(2,14)15;1-2(11)3(10(17)18)4-5(12)7(14)9(16)8(15)6(4)13;1-3-5-7(11)4(2)6(10(14,15)16)9(13)8(5)12;1-7(11)6-8-2-4-9(5-3-8)10(12,13)14;1-3-5-6(10)4(2)7(11)9(13)8(5)12;1-2-7-3-5-8(6-4-7)9(10,11)12;1-2-3-4(9)6(11)8(13)7(12)5(3)10;1-2(6)3(4(7)8)5(9)10;1-3(2,4)5;1-3-2;;;/h1-2H3;2-3,10H,1H3;3H2,1-2H3;2-5,7H,6H2,1H3;3H2,1-2H3;3-6H,2H2,1H3;3-8H,2H2,1H3;2-5H,1H3;1-2H3;3H2,1-2H3;3*1H4. The van der Waals surface area contributed by atoms with Crippen LogP contribution in [0.4, 0.5) is 198 Å². The number of hydrogen-bond donors (Lipinski definition) is 0. The van der Waals surface area contributed by atoms with Gasteiger partial charge in [0, 0.05) is 52.6 Å². The summed E-state index contributed by atoms with van der Waals surface area (Å²) in [4.78, 5) is 0. The highest BCUT2D eigenvalue weighted by Crippen LogP contribution is 2.44. The number of rotatable bonds is 13. The summed E-state index contributed by atoms with van der Waals surface area (Å²) < 4.78 is 561. The molecule has 1 fully saturated rings. The number of benzene rings is 6. The molecule has 6 aromatic rings. The molecule has 0 amide bonds. The number of alkyl halides is 30. The summed E-state index contributed by atoms with van der Waals surface area (Å²) >= 11 is 0. The molecule has 0 radical (unpaired) electrons. The molecule has 0 N–H and O–H groups in total. The molecule has 0 aliphatic heterocycles. The van der Waals surface area contributed by atoms with E-state index in [1.165, 1.54) is 58.4 Å². The first-order chi connectivity index (χ1) is 55.1. The van der Waals surface area contributed by atoms with Gasteiger partial charge < -0.3 is 0 Å². The molecule has 0 aromatic heterocycles. The van der Waals surface area contributed by atoms with E-state index in [0.717, 1.165) is 63.9 Å². The average molecular weight is 1910 g/mol. The van der Waals surface area contributed by atoms with Crippen molar-refractivity contribution in [3.05, 3.63) is 208 Å². The van der Waals surface area contributed by atoms with Crippen molar-refractivity contribution in [1.82, 2.24) is 0 Å². The lowest BCUT2D eigenvalue weighted by Crippen LogP contribution is -2.53. The van der Waals surface area contributed by atoms with Gasteiger partial charge in [-0.2, -0.15) is 52.7 Å². The van der Waals surface area contributed by atoms with Crippen LogP contribution in [0.25, 0.3) is 0 Å². The normalized spacial score (nSPS) is 16.6. The molecule has 0 heterocycles. The fraction of sp³-hybridized carbons (Fsp3) is 0.550. The Bertz CT molecular complexity index is 3900. The Morgan fingerprint density at radius 1 is 0.312 bits per heavy atom. The zero-order valence-electron chi connectivity index (χ0n) is 66.0. The molecule has 0 bridgehead atoms. The SMILES string of the molecule is C.C.C.CC(C)(F)F.CC(F)C(C(F)F)C(F)F.CC(F)C(c1c(F)c(F)c(F)c(F)c1F)C(F)F.CC(F)Cc1ccc(C(F)(F)F)cc1.CCC.CCC1C(F)C(F)C(F)C(F)C1F.CCc1c(F)c(C)c(C(F)(F)F)c(F)c1F.CCc1c(F)c(C)c(F)c(F)c1F.CCc1ccc(C(F)(F)F)cc1.Cc1c(F)c(C(C)(F)F)c(F)c(F)c1C(F)(F)F. The van der Waals surface area contributed by atoms with Gasteiger partial charge in [0.15, 0.2) is 82.5 Å². The Hall–Kier alpha value is -7.83. The Balaban J connectivity index is -0.000000320. The minimum absolute atomic E-state index is 0. The number of aryl methyl sites for hydroxylation is 1. The van der Waals surface area contributed by atoms with Crippen LogP contribution in [-0.4, -0.2) is 74.6 Å². The molecule has 8 atom stereocenters. The van der Waals surface area contributed by atoms with Crippen molar-refractivity contribution in [3.63, 3.8) is 0 Å². The van der Waals surface area contributed by atoms with Gasteiger partial charge in [0.25, 0.3) is 5.92 Å². The highest BCUT2D eigenvalue weighted by atomic mass is 19.4. The van der Waals surface area contributed by atoms with Crippen molar-refractivity contribution in [2.45, 2.75) is 276 Å². The monoisotopic (exact) mass is 1910 g/mol. The van der Waals surface area contributed by atoms with E-state index in [4.69, 9.17) is 0 Å². The van der Waals surface area contributed by atoms with Crippen molar-refractivity contribution in [2.24, 2.45) is 11.8 Å². The number of halogens is 45. The van der Waals surface area contributed by atoms with E-state index in [1.54, 1.807) is 0 Å². The second-order valence-electron chi connectivity index (χ2n) is 26.2. The predicted octanol–water partition coefficient (Wildman–Crippen LogP) is 32.8. The summed E-state index contributed by atoms with van der Waals surface area (Å²) in [5.41, 5.74) is -11.6. The largest absolute Gasteiger partial charge is 0.419 e. The Labute approximate surface area is 691 Å². The lowest BCUT2D eigenvalue weighted by molar-refractivity contribution is -0.142. The van der Waals surface area contributed by atoms with E-state index < -0.39 is 271 Å². The Kier molecular flexibility index (Phi) is 55.8. The first-order valence-corrected chi connectivity index (χ1v) is 35.0. The first kappa shape index (κ1) is 128. The van der Waals surface area contributed by atoms with Crippen LogP contribution in [0.1, 0.15) is 196 Å². The fourth-order valence-corrected chi connectivity index (χ4v) is 9.80. The quantitative estimate of drug-likeness (QED) is 0.0614. The highest BCUT2D eigenvalue weighted by Gasteiger charge is 2.53. The third kappa shape index (κ3) is 38.6. The molecule has 7 rings (SSSR count). The minimum atomic E-state index is -5.38. The lowest BCUT2D eigenvalue weighted by atomic mass is 9.81. The molecular formula is C80H91F45. The van der Waals surface area contributed by atoms with Crippen molar-refractivity contribution in [3.8, 4) is 0 Å². The van der Waals surface area contributed by atoms with Crippen LogP contribution in [0.2, 0.25) is 0 Å². The topological polar surface area (TPSA) is 0 Å². The zero-order valence-corrected chi connectivity index (χ0v) is 66.0. The molecule has 125 heavy (non-hydrogen) atoms. The van der Waals surface area contributed by atoms with Gasteiger partial charge in [0.1, 0.15) is 65.4 Å². The van der Waals surface area contributed by atoms with E-state index in [-0.39, 0.29) is 54.9 Å². The van der Waals surface area contributed by atoms with Crippen molar-refractivity contribution in [1.29, 1.82) is 0 Å². The molecule has 0 saturated heterocycles. The van der Waals surface area contributed by atoms with Gasteiger partial charge in [0.05, 0.1) is 22.6 Å². The summed E-state index contributed by atoms with van der Waals surface area (Å²) in [6.07, 6.45) is -45.2. The van der Waals surface area contributed by atoms with Gasteiger partial charge in [-0.25, -0.2) is 145 Å². The summed E-state index contributed by atoms with van der Waals surface area (Å²) in [6.45, 7) is 17.1. The zero-order chi connectivity index (χ0) is 97.1. The molecule has 6 aromatic carbocycles. The van der Waals surface area contributed by atoms with Crippen LogP contribution < -0.4 is 0 Å².